The number of nitrogens with zero attached hydrogens (tertiary/aromatic N) is 4. The minimum atomic E-state index is -0.323. The molecule has 0 aliphatic rings. The van der Waals surface area contributed by atoms with Gasteiger partial charge in [-0.25, -0.2) is 9.37 Å². The molecular weight excluding hydrogens is 411 g/mol. The molecule has 0 saturated heterocycles. The highest BCUT2D eigenvalue weighted by atomic mass is 35.5. The molecule has 8 heteroatoms. The summed E-state index contributed by atoms with van der Waals surface area (Å²) >= 11 is 1.30. The Labute approximate surface area is 179 Å². The van der Waals surface area contributed by atoms with E-state index < -0.39 is 0 Å². The Kier molecular flexibility index (Phi) is 8.09. The van der Waals surface area contributed by atoms with Crippen LogP contribution in [0.3, 0.4) is 0 Å². The largest absolute Gasteiger partial charge is 0.302 e. The van der Waals surface area contributed by atoms with E-state index in [1.54, 1.807) is 35.2 Å². The van der Waals surface area contributed by atoms with E-state index in [-0.39, 0.29) is 24.1 Å². The van der Waals surface area contributed by atoms with Crippen LogP contribution >= 0.6 is 23.7 Å². The predicted octanol–water partition coefficient (Wildman–Crippen LogP) is 4.72. The first-order chi connectivity index (χ1) is 13.5. The number of fused-ring (bicyclic) bond motifs is 1. The monoisotopic (exact) mass is 432 g/mol. The molecule has 152 valence electrons. The quantitative estimate of drug-likeness (QED) is 0.542. The van der Waals surface area contributed by atoms with Crippen molar-refractivity contribution in [3.63, 3.8) is 0 Å². The van der Waals surface area contributed by atoms with Gasteiger partial charge in [0.15, 0.2) is 5.13 Å². The summed E-state index contributed by atoms with van der Waals surface area (Å²) in [4.78, 5) is 21.6. The molecular formula is C21H22ClFN4OS. The van der Waals surface area contributed by atoms with Crippen LogP contribution in [0.5, 0.6) is 0 Å². The smallest absolute Gasteiger partial charge is 0.260 e. The summed E-state index contributed by atoms with van der Waals surface area (Å²) in [7, 11) is 0. The van der Waals surface area contributed by atoms with Crippen LogP contribution in [0.15, 0.2) is 42.5 Å². The number of aromatic nitrogens is 1. The summed E-state index contributed by atoms with van der Waals surface area (Å²) in [5.41, 5.74) is 1.66. The summed E-state index contributed by atoms with van der Waals surface area (Å²) in [5, 5.41) is 9.51. The Balaban J connectivity index is 0.00000300. The third-order valence-electron chi connectivity index (χ3n) is 4.61. The summed E-state index contributed by atoms with van der Waals surface area (Å²) < 4.78 is 14.3. The van der Waals surface area contributed by atoms with Crippen molar-refractivity contribution in [1.29, 1.82) is 5.26 Å². The fraction of sp³-hybridized carbons (Fsp3) is 0.286. The van der Waals surface area contributed by atoms with Crippen LogP contribution in [0.25, 0.3) is 10.2 Å². The molecule has 0 bridgehead atoms. The second-order valence-electron chi connectivity index (χ2n) is 6.28. The zero-order chi connectivity index (χ0) is 20.1. The number of anilines is 1. The van der Waals surface area contributed by atoms with Crippen molar-refractivity contribution in [3.8, 4) is 6.07 Å². The highest BCUT2D eigenvalue weighted by Gasteiger charge is 2.22. The van der Waals surface area contributed by atoms with Crippen molar-refractivity contribution in [2.75, 3.05) is 31.1 Å². The van der Waals surface area contributed by atoms with E-state index in [1.165, 1.54) is 23.5 Å². The van der Waals surface area contributed by atoms with Gasteiger partial charge in [-0.1, -0.05) is 25.2 Å². The van der Waals surface area contributed by atoms with Gasteiger partial charge in [0.2, 0.25) is 0 Å². The molecule has 29 heavy (non-hydrogen) atoms. The second kappa shape index (κ2) is 10.3. The van der Waals surface area contributed by atoms with Crippen molar-refractivity contribution >= 4 is 45.0 Å². The zero-order valence-electron chi connectivity index (χ0n) is 16.3. The first-order valence-electron chi connectivity index (χ1n) is 9.16. The fourth-order valence-corrected chi connectivity index (χ4v) is 3.93. The molecule has 1 heterocycles. The first kappa shape index (κ1) is 22.8. The van der Waals surface area contributed by atoms with Gasteiger partial charge in [0.1, 0.15) is 5.82 Å². The van der Waals surface area contributed by atoms with E-state index in [0.29, 0.717) is 39.6 Å². The van der Waals surface area contributed by atoms with Crippen LogP contribution in [-0.4, -0.2) is 42.0 Å². The Hall–Kier alpha value is -2.53. The molecule has 0 N–H and O–H groups in total. The SMILES string of the molecule is CCN(CC)CCN(C(=O)c1ccc(C#N)cc1)c1nc2ccc(F)cc2s1.Cl. The van der Waals surface area contributed by atoms with Gasteiger partial charge in [-0.3, -0.25) is 9.69 Å². The zero-order valence-corrected chi connectivity index (χ0v) is 17.9. The predicted molar refractivity (Wildman–Crippen MR) is 117 cm³/mol. The third kappa shape index (κ3) is 5.30. The highest BCUT2D eigenvalue weighted by molar-refractivity contribution is 7.22. The number of benzene rings is 2. The highest BCUT2D eigenvalue weighted by Crippen LogP contribution is 2.30. The molecule has 0 aliphatic carbocycles. The summed E-state index contributed by atoms with van der Waals surface area (Å²) in [6.07, 6.45) is 0. The molecule has 0 spiro atoms. The van der Waals surface area contributed by atoms with Crippen molar-refractivity contribution < 1.29 is 9.18 Å². The molecule has 0 radical (unpaired) electrons. The van der Waals surface area contributed by atoms with Gasteiger partial charge in [-0.15, -0.1) is 12.4 Å². The molecule has 0 fully saturated rings. The van der Waals surface area contributed by atoms with Gasteiger partial charge in [0.05, 0.1) is 21.8 Å². The van der Waals surface area contributed by atoms with E-state index in [4.69, 9.17) is 5.26 Å². The molecule has 0 unspecified atom stereocenters. The maximum Gasteiger partial charge on any atom is 0.260 e. The van der Waals surface area contributed by atoms with E-state index in [0.717, 1.165) is 13.1 Å². The van der Waals surface area contributed by atoms with E-state index in [9.17, 15) is 9.18 Å². The van der Waals surface area contributed by atoms with Gasteiger partial charge in [-0.05, 0) is 55.6 Å². The standard InChI is InChI=1S/C21H21FN4OS.ClH/c1-3-25(4-2)11-12-26(20(27)16-7-5-15(14-23)6-8-16)21-24-18-10-9-17(22)13-19(18)28-21;/h5-10,13H,3-4,11-12H2,1-2H3;1H. The van der Waals surface area contributed by atoms with Gasteiger partial charge in [0, 0.05) is 18.7 Å². The number of rotatable bonds is 7. The van der Waals surface area contributed by atoms with Gasteiger partial charge in [0.25, 0.3) is 5.91 Å². The van der Waals surface area contributed by atoms with Gasteiger partial charge < -0.3 is 4.90 Å². The lowest BCUT2D eigenvalue weighted by molar-refractivity contribution is 0.0984. The average molecular weight is 433 g/mol. The van der Waals surface area contributed by atoms with E-state index >= 15 is 0 Å². The topological polar surface area (TPSA) is 60.2 Å². The molecule has 0 atom stereocenters. The Morgan fingerprint density at radius 3 is 2.45 bits per heavy atom. The van der Waals surface area contributed by atoms with Crippen LogP contribution < -0.4 is 4.90 Å². The number of carbonyl (C=O) groups excluding carboxylic acids is 1. The molecule has 3 rings (SSSR count). The lowest BCUT2D eigenvalue weighted by Crippen LogP contribution is -2.38. The van der Waals surface area contributed by atoms with Gasteiger partial charge in [-0.2, -0.15) is 5.26 Å². The molecule has 3 aromatic rings. The molecule has 2 aromatic carbocycles. The first-order valence-corrected chi connectivity index (χ1v) is 9.97. The van der Waals surface area contributed by atoms with Crippen molar-refractivity contribution in [2.24, 2.45) is 0 Å². The van der Waals surface area contributed by atoms with Crippen LogP contribution in [0.1, 0.15) is 29.8 Å². The number of thiazole rings is 1. The van der Waals surface area contributed by atoms with Crippen molar-refractivity contribution in [2.45, 2.75) is 13.8 Å². The van der Waals surface area contributed by atoms with E-state index in [2.05, 4.69) is 29.8 Å². The summed E-state index contributed by atoms with van der Waals surface area (Å²) in [6, 6.07) is 13.0. The van der Waals surface area contributed by atoms with Crippen molar-refractivity contribution in [3.05, 3.63) is 59.4 Å². The molecule has 5 nitrogen and oxygen atoms in total. The van der Waals surface area contributed by atoms with Crippen molar-refractivity contribution in [1.82, 2.24) is 9.88 Å². The van der Waals surface area contributed by atoms with Crippen LogP contribution in [-0.2, 0) is 0 Å². The number of halogens is 2. The fourth-order valence-electron chi connectivity index (χ4n) is 2.91. The Morgan fingerprint density at radius 1 is 1.14 bits per heavy atom. The third-order valence-corrected chi connectivity index (χ3v) is 5.65. The number of carbonyl (C=O) groups is 1. The molecule has 0 aliphatic heterocycles. The number of nitriles is 1. The van der Waals surface area contributed by atoms with Crippen LogP contribution in [0, 0.1) is 17.1 Å². The lowest BCUT2D eigenvalue weighted by atomic mass is 10.1. The maximum absolute atomic E-state index is 13.6. The average Bonchev–Trinajstić information content (AvgIpc) is 3.13. The molecule has 1 aromatic heterocycles. The molecule has 0 saturated carbocycles. The Morgan fingerprint density at radius 2 is 1.83 bits per heavy atom. The van der Waals surface area contributed by atoms with Gasteiger partial charge >= 0.3 is 0 Å². The minimum absolute atomic E-state index is 0. The lowest BCUT2D eigenvalue weighted by Gasteiger charge is -2.24. The van der Waals surface area contributed by atoms with Crippen LogP contribution in [0.2, 0.25) is 0 Å². The molecule has 1 amide bonds. The Bertz CT molecular complexity index is 1010. The normalized spacial score (nSPS) is 10.6. The number of hydrogen-bond acceptors (Lipinski definition) is 5. The number of likely N-dealkylation sites (N-methyl/N-ethyl adjacent to an activating group) is 1. The van der Waals surface area contributed by atoms with E-state index in [1.807, 2.05) is 0 Å². The minimum Gasteiger partial charge on any atom is -0.302 e. The number of hydrogen-bond donors (Lipinski definition) is 0. The second-order valence-corrected chi connectivity index (χ2v) is 7.29. The summed E-state index contributed by atoms with van der Waals surface area (Å²) in [6.45, 7) is 7.12. The van der Waals surface area contributed by atoms with Crippen LogP contribution in [0.4, 0.5) is 9.52 Å². The summed E-state index contributed by atoms with van der Waals surface area (Å²) in [5.74, 6) is -0.507. The number of amides is 1. The maximum atomic E-state index is 13.6.